The zero-order chi connectivity index (χ0) is 11.8. The van der Waals surface area contributed by atoms with Crippen molar-refractivity contribution in [1.29, 1.82) is 0 Å². The van der Waals surface area contributed by atoms with Gasteiger partial charge < -0.3 is 9.47 Å². The molecule has 0 N–H and O–H groups in total. The minimum absolute atomic E-state index is 0.0610. The molecule has 0 spiro atoms. The predicted molar refractivity (Wildman–Crippen MR) is 67.1 cm³/mol. The third-order valence-corrected chi connectivity index (χ3v) is 4.32. The topological polar surface area (TPSA) is 18.5 Å². The van der Waals surface area contributed by atoms with Crippen LogP contribution < -0.4 is 0 Å². The molecule has 3 heteroatoms. The Bertz CT molecular complexity index is 419. The Hall–Kier alpha value is -0.570. The van der Waals surface area contributed by atoms with Crippen molar-refractivity contribution in [3.05, 3.63) is 34.9 Å². The number of hydrogen-bond acceptors (Lipinski definition) is 2. The van der Waals surface area contributed by atoms with E-state index in [0.29, 0.717) is 12.0 Å². The first-order chi connectivity index (χ1) is 8.24. The van der Waals surface area contributed by atoms with E-state index in [1.165, 1.54) is 16.7 Å². The van der Waals surface area contributed by atoms with Crippen LogP contribution in [0.3, 0.4) is 0 Å². The van der Waals surface area contributed by atoms with E-state index in [9.17, 15) is 0 Å². The van der Waals surface area contributed by atoms with Gasteiger partial charge in [0.05, 0.1) is 31.3 Å². The molecule has 3 rings (SSSR count). The van der Waals surface area contributed by atoms with Crippen molar-refractivity contribution in [3.63, 3.8) is 0 Å². The van der Waals surface area contributed by atoms with Crippen LogP contribution in [0.25, 0.3) is 0 Å². The number of halogens is 1. The fourth-order valence-corrected chi connectivity index (χ4v) is 3.00. The highest BCUT2D eigenvalue weighted by Crippen LogP contribution is 2.37. The van der Waals surface area contributed by atoms with Crippen molar-refractivity contribution < 1.29 is 9.47 Å². The fraction of sp³-hybridized carbons (Fsp3) is 0.571. The van der Waals surface area contributed by atoms with Gasteiger partial charge in [-0.2, -0.15) is 0 Å². The summed E-state index contributed by atoms with van der Waals surface area (Å²) in [4.78, 5) is 0. The molecule has 1 aromatic rings. The molecule has 0 radical (unpaired) electrons. The molecule has 1 fully saturated rings. The normalized spacial score (nSPS) is 29.3. The summed E-state index contributed by atoms with van der Waals surface area (Å²) in [6.45, 7) is 4.36. The Morgan fingerprint density at radius 3 is 2.88 bits per heavy atom. The van der Waals surface area contributed by atoms with E-state index in [-0.39, 0.29) is 5.38 Å². The van der Waals surface area contributed by atoms with Gasteiger partial charge in [0.2, 0.25) is 0 Å². The van der Waals surface area contributed by atoms with Crippen LogP contribution in [0.5, 0.6) is 0 Å². The average Bonchev–Trinajstić information content (AvgIpc) is 2.95. The molecule has 2 aliphatic rings. The lowest BCUT2D eigenvalue weighted by Crippen LogP contribution is -2.08. The Morgan fingerprint density at radius 1 is 1.29 bits per heavy atom. The minimum Gasteiger partial charge on any atom is -0.378 e. The maximum Gasteiger partial charge on any atom is 0.0725 e. The van der Waals surface area contributed by atoms with E-state index in [0.717, 1.165) is 26.2 Å². The minimum atomic E-state index is 0.0610. The first-order valence-corrected chi connectivity index (χ1v) is 6.63. The number of ether oxygens (including phenoxy) is 2. The van der Waals surface area contributed by atoms with Gasteiger partial charge in [-0.3, -0.25) is 0 Å². The van der Waals surface area contributed by atoms with Crippen LogP contribution in [0.4, 0.5) is 0 Å². The molecule has 0 aliphatic carbocycles. The van der Waals surface area contributed by atoms with E-state index < -0.39 is 0 Å². The third kappa shape index (κ3) is 2.22. The zero-order valence-corrected chi connectivity index (χ0v) is 10.7. The first-order valence-electron chi connectivity index (χ1n) is 6.19. The highest BCUT2D eigenvalue weighted by molar-refractivity contribution is 6.21. The Labute approximate surface area is 107 Å². The predicted octanol–water partition coefficient (Wildman–Crippen LogP) is 3.42. The van der Waals surface area contributed by atoms with E-state index in [2.05, 4.69) is 25.1 Å². The molecule has 2 nitrogen and oxygen atoms in total. The molecule has 3 atom stereocenters. The Balaban J connectivity index is 1.79. The van der Waals surface area contributed by atoms with Crippen molar-refractivity contribution in [2.75, 3.05) is 6.61 Å². The van der Waals surface area contributed by atoms with Crippen molar-refractivity contribution in [2.24, 2.45) is 5.92 Å². The van der Waals surface area contributed by atoms with Gasteiger partial charge in [0, 0.05) is 5.92 Å². The highest BCUT2D eigenvalue weighted by atomic mass is 35.5. The van der Waals surface area contributed by atoms with Gasteiger partial charge in [0.15, 0.2) is 0 Å². The fourth-order valence-electron chi connectivity index (χ4n) is 2.69. The molecule has 0 bridgehead atoms. The Kier molecular flexibility index (Phi) is 3.12. The van der Waals surface area contributed by atoms with Gasteiger partial charge in [-0.1, -0.05) is 18.2 Å². The quantitative estimate of drug-likeness (QED) is 0.751. The van der Waals surface area contributed by atoms with Crippen LogP contribution in [-0.4, -0.2) is 12.7 Å². The van der Waals surface area contributed by atoms with Crippen molar-refractivity contribution in [1.82, 2.24) is 0 Å². The van der Waals surface area contributed by atoms with Gasteiger partial charge in [0.25, 0.3) is 0 Å². The lowest BCUT2D eigenvalue weighted by molar-refractivity contribution is 0.120. The van der Waals surface area contributed by atoms with Crippen LogP contribution in [0.1, 0.15) is 35.4 Å². The standard InChI is InChI=1S/C14H17ClO2/c1-9-4-13(8-17-9)14(15)10-2-3-11-6-16-7-12(11)5-10/h2-3,5,9,13-14H,4,6-8H2,1H3. The number of alkyl halides is 1. The number of benzene rings is 1. The summed E-state index contributed by atoms with van der Waals surface area (Å²) in [6.07, 6.45) is 1.40. The Morgan fingerprint density at radius 2 is 2.12 bits per heavy atom. The number of rotatable bonds is 2. The maximum atomic E-state index is 6.56. The second kappa shape index (κ2) is 4.60. The summed E-state index contributed by atoms with van der Waals surface area (Å²) in [5.41, 5.74) is 3.80. The maximum absolute atomic E-state index is 6.56. The first kappa shape index (κ1) is 11.5. The molecule has 17 heavy (non-hydrogen) atoms. The molecule has 1 aromatic carbocycles. The molecule has 92 valence electrons. The van der Waals surface area contributed by atoms with E-state index in [1.54, 1.807) is 0 Å². The van der Waals surface area contributed by atoms with Crippen LogP contribution in [0, 0.1) is 5.92 Å². The average molecular weight is 253 g/mol. The SMILES string of the molecule is CC1CC(C(Cl)c2ccc3c(c2)COC3)CO1. The molecule has 0 amide bonds. The van der Waals surface area contributed by atoms with Gasteiger partial charge in [-0.25, -0.2) is 0 Å². The van der Waals surface area contributed by atoms with E-state index >= 15 is 0 Å². The molecule has 2 heterocycles. The van der Waals surface area contributed by atoms with Crippen molar-refractivity contribution in [2.45, 2.75) is 38.0 Å². The summed E-state index contributed by atoms with van der Waals surface area (Å²) in [5.74, 6) is 0.437. The van der Waals surface area contributed by atoms with E-state index in [4.69, 9.17) is 21.1 Å². The van der Waals surface area contributed by atoms with Gasteiger partial charge in [-0.05, 0) is 30.0 Å². The largest absolute Gasteiger partial charge is 0.378 e. The van der Waals surface area contributed by atoms with Crippen LogP contribution in [0.2, 0.25) is 0 Å². The van der Waals surface area contributed by atoms with Crippen molar-refractivity contribution in [3.8, 4) is 0 Å². The van der Waals surface area contributed by atoms with Gasteiger partial charge in [-0.15, -0.1) is 11.6 Å². The van der Waals surface area contributed by atoms with Crippen LogP contribution in [-0.2, 0) is 22.7 Å². The summed E-state index contributed by atoms with van der Waals surface area (Å²) in [7, 11) is 0. The molecular weight excluding hydrogens is 236 g/mol. The smallest absolute Gasteiger partial charge is 0.0725 e. The summed E-state index contributed by atoms with van der Waals surface area (Å²) in [6, 6.07) is 6.48. The number of hydrogen-bond donors (Lipinski definition) is 0. The molecular formula is C14H17ClO2. The molecule has 3 unspecified atom stereocenters. The van der Waals surface area contributed by atoms with E-state index in [1.807, 2.05) is 0 Å². The molecule has 1 saturated heterocycles. The van der Waals surface area contributed by atoms with Gasteiger partial charge >= 0.3 is 0 Å². The summed E-state index contributed by atoms with van der Waals surface area (Å²) < 4.78 is 11.0. The molecule has 0 aromatic heterocycles. The number of fused-ring (bicyclic) bond motifs is 1. The summed E-state index contributed by atoms with van der Waals surface area (Å²) in [5, 5.41) is 0.0610. The van der Waals surface area contributed by atoms with Crippen molar-refractivity contribution >= 4 is 11.6 Å². The zero-order valence-electron chi connectivity index (χ0n) is 9.99. The lowest BCUT2D eigenvalue weighted by Gasteiger charge is -2.16. The summed E-state index contributed by atoms with van der Waals surface area (Å²) >= 11 is 6.56. The second-order valence-corrected chi connectivity index (χ2v) is 5.53. The molecule has 2 aliphatic heterocycles. The monoisotopic (exact) mass is 252 g/mol. The third-order valence-electron chi connectivity index (χ3n) is 3.71. The van der Waals surface area contributed by atoms with Crippen LogP contribution >= 0.6 is 11.6 Å². The van der Waals surface area contributed by atoms with Crippen LogP contribution in [0.15, 0.2) is 18.2 Å². The lowest BCUT2D eigenvalue weighted by atomic mass is 9.94. The second-order valence-electron chi connectivity index (χ2n) is 5.06. The highest BCUT2D eigenvalue weighted by Gasteiger charge is 2.29. The van der Waals surface area contributed by atoms with Gasteiger partial charge in [0.1, 0.15) is 0 Å². The molecule has 0 saturated carbocycles.